The van der Waals surface area contributed by atoms with Crippen molar-refractivity contribution in [2.75, 3.05) is 13.2 Å². The van der Waals surface area contributed by atoms with Crippen molar-refractivity contribution in [2.45, 2.75) is 0 Å². The van der Waals surface area contributed by atoms with E-state index in [9.17, 15) is 9.90 Å². The van der Waals surface area contributed by atoms with Gasteiger partial charge in [0, 0.05) is 5.56 Å². The molecule has 0 radical (unpaired) electrons. The molecule has 118 valence electrons. The van der Waals surface area contributed by atoms with Crippen LogP contribution in [-0.4, -0.2) is 30.4 Å². The van der Waals surface area contributed by atoms with Gasteiger partial charge in [-0.15, -0.1) is 0 Å². The third kappa shape index (κ3) is 3.54. The molecule has 2 N–H and O–H groups in total. The van der Waals surface area contributed by atoms with E-state index in [-0.39, 0.29) is 11.7 Å². The monoisotopic (exact) mass is 332 g/mol. The molecule has 0 bridgehead atoms. The van der Waals surface area contributed by atoms with Crippen LogP contribution >= 0.6 is 11.6 Å². The number of hydrogen-bond donors (Lipinski definition) is 2. The summed E-state index contributed by atoms with van der Waals surface area (Å²) in [6.45, 7) is 0.921. The van der Waals surface area contributed by atoms with E-state index in [4.69, 9.17) is 21.1 Å². The van der Waals surface area contributed by atoms with Crippen molar-refractivity contribution in [2.24, 2.45) is 5.10 Å². The molecule has 0 aromatic heterocycles. The molecule has 0 saturated carbocycles. The number of halogens is 1. The summed E-state index contributed by atoms with van der Waals surface area (Å²) in [5, 5.41) is 13.5. The SMILES string of the molecule is O=C(N/N=C\c1cc(Cl)c2c(c1)OCCO2)c1ccc(O)cc1. The maximum absolute atomic E-state index is 11.9. The van der Waals surface area contributed by atoms with Crippen LogP contribution in [0.5, 0.6) is 17.2 Å². The average molecular weight is 333 g/mol. The summed E-state index contributed by atoms with van der Waals surface area (Å²) in [5.41, 5.74) is 3.46. The van der Waals surface area contributed by atoms with E-state index in [2.05, 4.69) is 10.5 Å². The lowest BCUT2D eigenvalue weighted by Gasteiger charge is -2.19. The Morgan fingerprint density at radius 2 is 1.96 bits per heavy atom. The van der Waals surface area contributed by atoms with Crippen molar-refractivity contribution < 1.29 is 19.4 Å². The summed E-state index contributed by atoms with van der Waals surface area (Å²) in [7, 11) is 0. The van der Waals surface area contributed by atoms with E-state index in [0.29, 0.717) is 40.9 Å². The van der Waals surface area contributed by atoms with Crippen LogP contribution in [0.4, 0.5) is 0 Å². The summed E-state index contributed by atoms with van der Waals surface area (Å²) >= 11 is 6.12. The number of hydrogen-bond acceptors (Lipinski definition) is 5. The second-order valence-electron chi connectivity index (χ2n) is 4.77. The van der Waals surface area contributed by atoms with E-state index >= 15 is 0 Å². The van der Waals surface area contributed by atoms with Crippen LogP contribution in [-0.2, 0) is 0 Å². The number of fused-ring (bicyclic) bond motifs is 1. The zero-order chi connectivity index (χ0) is 16.2. The van der Waals surface area contributed by atoms with Gasteiger partial charge in [-0.3, -0.25) is 4.79 Å². The number of phenolic OH excluding ortho intramolecular Hbond substituents is 1. The predicted octanol–water partition coefficient (Wildman–Crippen LogP) is 2.58. The van der Waals surface area contributed by atoms with Gasteiger partial charge in [-0.1, -0.05) is 11.6 Å². The van der Waals surface area contributed by atoms with Crippen molar-refractivity contribution in [1.82, 2.24) is 5.43 Å². The number of nitrogens with one attached hydrogen (secondary N) is 1. The number of phenols is 1. The highest BCUT2D eigenvalue weighted by Gasteiger charge is 2.16. The van der Waals surface area contributed by atoms with Crippen LogP contribution in [0, 0.1) is 0 Å². The fraction of sp³-hybridized carbons (Fsp3) is 0.125. The van der Waals surface area contributed by atoms with Crippen molar-refractivity contribution >= 4 is 23.7 Å². The molecule has 0 unspecified atom stereocenters. The van der Waals surface area contributed by atoms with Crippen LogP contribution in [0.2, 0.25) is 5.02 Å². The number of rotatable bonds is 3. The maximum Gasteiger partial charge on any atom is 0.271 e. The van der Waals surface area contributed by atoms with Crippen molar-refractivity contribution in [3.8, 4) is 17.2 Å². The van der Waals surface area contributed by atoms with Crippen molar-refractivity contribution in [1.29, 1.82) is 0 Å². The van der Waals surface area contributed by atoms with Crippen LogP contribution in [0.3, 0.4) is 0 Å². The normalized spacial score (nSPS) is 13.1. The molecule has 1 heterocycles. The molecule has 2 aromatic rings. The summed E-state index contributed by atoms with van der Waals surface area (Å²) in [6.07, 6.45) is 1.46. The van der Waals surface area contributed by atoms with Gasteiger partial charge in [0.15, 0.2) is 11.5 Å². The Morgan fingerprint density at radius 3 is 2.74 bits per heavy atom. The van der Waals surface area contributed by atoms with Crippen molar-refractivity contribution in [3.63, 3.8) is 0 Å². The first-order valence-electron chi connectivity index (χ1n) is 6.85. The Hall–Kier alpha value is -2.73. The highest BCUT2D eigenvalue weighted by Crippen LogP contribution is 2.37. The number of carbonyl (C=O) groups excluding carboxylic acids is 1. The van der Waals surface area contributed by atoms with Gasteiger partial charge in [0.05, 0.1) is 11.2 Å². The number of carbonyl (C=O) groups is 1. The van der Waals surface area contributed by atoms with Gasteiger partial charge in [0.25, 0.3) is 5.91 Å². The summed E-state index contributed by atoms with van der Waals surface area (Å²) in [4.78, 5) is 11.9. The van der Waals surface area contributed by atoms with Crippen LogP contribution < -0.4 is 14.9 Å². The Kier molecular flexibility index (Phi) is 4.34. The van der Waals surface area contributed by atoms with Crippen LogP contribution in [0.15, 0.2) is 41.5 Å². The zero-order valence-electron chi connectivity index (χ0n) is 12.0. The molecule has 2 aromatic carbocycles. The van der Waals surface area contributed by atoms with E-state index in [1.54, 1.807) is 12.1 Å². The topological polar surface area (TPSA) is 80.2 Å². The number of amides is 1. The van der Waals surface area contributed by atoms with E-state index in [0.717, 1.165) is 0 Å². The Bertz CT molecular complexity index is 759. The second kappa shape index (κ2) is 6.58. The summed E-state index contributed by atoms with van der Waals surface area (Å²) in [6, 6.07) is 9.27. The summed E-state index contributed by atoms with van der Waals surface area (Å²) in [5.74, 6) is 0.777. The van der Waals surface area contributed by atoms with Gasteiger partial charge < -0.3 is 14.6 Å². The maximum atomic E-state index is 11.9. The minimum atomic E-state index is -0.384. The van der Waals surface area contributed by atoms with Gasteiger partial charge >= 0.3 is 0 Å². The van der Waals surface area contributed by atoms with Gasteiger partial charge in [0.1, 0.15) is 19.0 Å². The Morgan fingerprint density at radius 1 is 1.22 bits per heavy atom. The zero-order valence-corrected chi connectivity index (χ0v) is 12.7. The summed E-state index contributed by atoms with van der Waals surface area (Å²) < 4.78 is 10.9. The number of ether oxygens (including phenoxy) is 2. The van der Waals surface area contributed by atoms with Gasteiger partial charge in [0.2, 0.25) is 0 Å². The standard InChI is InChI=1S/C16H13ClN2O4/c17-13-7-10(8-14-15(13)23-6-5-22-14)9-18-19-16(21)11-1-3-12(20)4-2-11/h1-4,7-9,20H,5-6H2,(H,19,21)/b18-9-. The first-order chi connectivity index (χ1) is 11.1. The quantitative estimate of drug-likeness (QED) is 0.668. The molecule has 1 aliphatic rings. The lowest BCUT2D eigenvalue weighted by Crippen LogP contribution is -2.17. The van der Waals surface area contributed by atoms with E-state index < -0.39 is 0 Å². The average Bonchev–Trinajstić information content (AvgIpc) is 2.55. The number of hydrazone groups is 1. The fourth-order valence-corrected chi connectivity index (χ4v) is 2.32. The third-order valence-corrected chi connectivity index (χ3v) is 3.41. The fourth-order valence-electron chi connectivity index (χ4n) is 2.05. The number of benzene rings is 2. The van der Waals surface area contributed by atoms with Gasteiger partial charge in [-0.05, 0) is 42.0 Å². The smallest absolute Gasteiger partial charge is 0.271 e. The second-order valence-corrected chi connectivity index (χ2v) is 5.18. The van der Waals surface area contributed by atoms with Gasteiger partial charge in [-0.2, -0.15) is 5.10 Å². The molecule has 1 aliphatic heterocycles. The largest absolute Gasteiger partial charge is 0.508 e. The molecular weight excluding hydrogens is 320 g/mol. The number of aromatic hydroxyl groups is 1. The molecule has 0 fully saturated rings. The minimum Gasteiger partial charge on any atom is -0.508 e. The molecule has 1 amide bonds. The molecule has 0 spiro atoms. The first kappa shape index (κ1) is 15.2. The molecule has 0 atom stereocenters. The molecule has 0 saturated heterocycles. The lowest BCUT2D eigenvalue weighted by molar-refractivity contribution is 0.0955. The molecule has 23 heavy (non-hydrogen) atoms. The highest BCUT2D eigenvalue weighted by molar-refractivity contribution is 6.32. The molecule has 0 aliphatic carbocycles. The molecule has 6 nitrogen and oxygen atoms in total. The Labute approximate surface area is 137 Å². The first-order valence-corrected chi connectivity index (χ1v) is 7.23. The Balaban J connectivity index is 1.69. The highest BCUT2D eigenvalue weighted by atomic mass is 35.5. The van der Waals surface area contributed by atoms with E-state index in [1.807, 2.05) is 0 Å². The molecular formula is C16H13ClN2O4. The van der Waals surface area contributed by atoms with Crippen LogP contribution in [0.25, 0.3) is 0 Å². The third-order valence-electron chi connectivity index (χ3n) is 3.13. The molecule has 3 rings (SSSR count). The van der Waals surface area contributed by atoms with E-state index in [1.165, 1.54) is 30.5 Å². The lowest BCUT2D eigenvalue weighted by atomic mass is 10.2. The minimum absolute atomic E-state index is 0.0935. The van der Waals surface area contributed by atoms with Crippen LogP contribution in [0.1, 0.15) is 15.9 Å². The number of nitrogens with zero attached hydrogens (tertiary/aromatic N) is 1. The predicted molar refractivity (Wildman–Crippen MR) is 85.6 cm³/mol. The molecule has 7 heteroatoms. The van der Waals surface area contributed by atoms with Crippen molar-refractivity contribution in [3.05, 3.63) is 52.5 Å². The van der Waals surface area contributed by atoms with Gasteiger partial charge in [-0.25, -0.2) is 5.43 Å².